The first-order valence-corrected chi connectivity index (χ1v) is 8.01. The minimum Gasteiger partial charge on any atom is -0.456 e. The fourth-order valence-corrected chi connectivity index (χ4v) is 2.85. The summed E-state index contributed by atoms with van der Waals surface area (Å²) in [7, 11) is 0. The quantitative estimate of drug-likeness (QED) is 0.770. The zero-order valence-electron chi connectivity index (χ0n) is 13.0. The maximum Gasteiger partial charge on any atom is 0.141 e. The number of hydrogen-bond donors (Lipinski definition) is 1. The van der Waals surface area contributed by atoms with E-state index in [0.717, 1.165) is 21.5 Å². The molecule has 112 valence electrons. The zero-order chi connectivity index (χ0) is 15.6. The van der Waals surface area contributed by atoms with Crippen molar-refractivity contribution in [2.75, 3.05) is 0 Å². The molecular weight excluding hydrogens is 326 g/mol. The molecule has 0 fully saturated rings. The van der Waals surface area contributed by atoms with Crippen LogP contribution in [0.15, 0.2) is 40.9 Å². The molecule has 0 aliphatic heterocycles. The fourth-order valence-electron chi connectivity index (χ4n) is 2.37. The maximum atomic E-state index is 5.97. The Morgan fingerprint density at radius 1 is 1.05 bits per heavy atom. The van der Waals surface area contributed by atoms with E-state index < -0.39 is 0 Å². The Morgan fingerprint density at radius 3 is 2.29 bits per heavy atom. The highest BCUT2D eigenvalue weighted by Gasteiger charge is 2.09. The molecule has 3 heteroatoms. The number of ether oxygens (including phenoxy) is 1. The number of benzene rings is 2. The first-order valence-electron chi connectivity index (χ1n) is 7.22. The second-order valence-electron chi connectivity index (χ2n) is 5.75. The molecule has 0 aliphatic rings. The summed E-state index contributed by atoms with van der Waals surface area (Å²) >= 11 is 3.55. The topological polar surface area (TPSA) is 35.2 Å². The van der Waals surface area contributed by atoms with Gasteiger partial charge in [-0.1, -0.05) is 26.0 Å². The van der Waals surface area contributed by atoms with Crippen molar-refractivity contribution in [1.82, 2.24) is 0 Å². The molecular formula is C18H22BrNO. The van der Waals surface area contributed by atoms with Crippen LogP contribution in [-0.4, -0.2) is 0 Å². The van der Waals surface area contributed by atoms with E-state index in [0.29, 0.717) is 5.92 Å². The van der Waals surface area contributed by atoms with E-state index >= 15 is 0 Å². The van der Waals surface area contributed by atoms with E-state index in [-0.39, 0.29) is 6.04 Å². The largest absolute Gasteiger partial charge is 0.456 e. The minimum atomic E-state index is 0.0166. The van der Waals surface area contributed by atoms with Gasteiger partial charge in [0.15, 0.2) is 0 Å². The van der Waals surface area contributed by atoms with Crippen LogP contribution >= 0.6 is 15.9 Å². The molecule has 0 radical (unpaired) electrons. The number of aryl methyl sites for hydroxylation is 1. The van der Waals surface area contributed by atoms with Crippen LogP contribution in [0.5, 0.6) is 11.5 Å². The predicted octanol–water partition coefficient (Wildman–Crippen LogP) is 5.69. The average Bonchev–Trinajstić information content (AvgIpc) is 2.40. The van der Waals surface area contributed by atoms with Gasteiger partial charge in [-0.15, -0.1) is 0 Å². The monoisotopic (exact) mass is 347 g/mol. The average molecular weight is 348 g/mol. The van der Waals surface area contributed by atoms with Gasteiger partial charge in [-0.3, -0.25) is 0 Å². The van der Waals surface area contributed by atoms with Crippen molar-refractivity contribution in [2.45, 2.75) is 39.7 Å². The van der Waals surface area contributed by atoms with E-state index in [1.807, 2.05) is 31.2 Å². The molecule has 0 aliphatic carbocycles. The molecule has 0 spiro atoms. The van der Waals surface area contributed by atoms with Gasteiger partial charge >= 0.3 is 0 Å². The molecule has 2 N–H and O–H groups in total. The van der Waals surface area contributed by atoms with Crippen molar-refractivity contribution in [1.29, 1.82) is 0 Å². The maximum absolute atomic E-state index is 5.97. The third-order valence-corrected chi connectivity index (χ3v) is 4.19. The second kappa shape index (κ2) is 6.63. The second-order valence-corrected chi connectivity index (χ2v) is 6.61. The molecule has 0 bridgehead atoms. The smallest absolute Gasteiger partial charge is 0.141 e. The predicted molar refractivity (Wildman–Crippen MR) is 92.1 cm³/mol. The van der Waals surface area contributed by atoms with Gasteiger partial charge in [-0.05, 0) is 76.7 Å². The summed E-state index contributed by atoms with van der Waals surface area (Å²) in [6, 6.07) is 12.2. The van der Waals surface area contributed by atoms with E-state index in [4.69, 9.17) is 10.5 Å². The Balaban J connectivity index is 2.24. The van der Waals surface area contributed by atoms with Gasteiger partial charge in [0.2, 0.25) is 0 Å². The van der Waals surface area contributed by atoms with Crippen molar-refractivity contribution in [3.05, 3.63) is 57.6 Å². The molecule has 0 amide bonds. The van der Waals surface area contributed by atoms with Crippen molar-refractivity contribution in [3.8, 4) is 11.5 Å². The molecule has 2 aromatic carbocycles. The van der Waals surface area contributed by atoms with E-state index in [1.165, 1.54) is 11.1 Å². The molecule has 1 atom stereocenters. The molecule has 2 rings (SSSR count). The summed E-state index contributed by atoms with van der Waals surface area (Å²) in [6.07, 6.45) is 0. The van der Waals surface area contributed by atoms with Crippen LogP contribution in [-0.2, 0) is 0 Å². The lowest BCUT2D eigenvalue weighted by atomic mass is 9.98. The van der Waals surface area contributed by atoms with E-state index in [2.05, 4.69) is 48.8 Å². The van der Waals surface area contributed by atoms with Gasteiger partial charge in [0, 0.05) is 6.04 Å². The Morgan fingerprint density at radius 2 is 1.76 bits per heavy atom. The number of hydrogen-bond acceptors (Lipinski definition) is 2. The van der Waals surface area contributed by atoms with Gasteiger partial charge in [-0.2, -0.15) is 0 Å². The number of halogens is 1. The molecule has 2 aromatic rings. The molecule has 0 heterocycles. The van der Waals surface area contributed by atoms with Gasteiger partial charge in [0.1, 0.15) is 11.5 Å². The summed E-state index contributed by atoms with van der Waals surface area (Å²) in [5.74, 6) is 2.18. The molecule has 0 saturated heterocycles. The van der Waals surface area contributed by atoms with Crippen molar-refractivity contribution >= 4 is 15.9 Å². The van der Waals surface area contributed by atoms with Gasteiger partial charge < -0.3 is 10.5 Å². The molecule has 0 aromatic heterocycles. The van der Waals surface area contributed by atoms with Crippen LogP contribution in [0.1, 0.15) is 49.4 Å². The Bertz CT molecular complexity index is 635. The summed E-state index contributed by atoms with van der Waals surface area (Å²) in [4.78, 5) is 0. The fraction of sp³-hybridized carbons (Fsp3) is 0.333. The van der Waals surface area contributed by atoms with Gasteiger partial charge in [-0.25, -0.2) is 0 Å². The normalized spacial score (nSPS) is 12.5. The lowest BCUT2D eigenvalue weighted by Crippen LogP contribution is -2.04. The number of nitrogens with two attached hydrogens (primary N) is 1. The van der Waals surface area contributed by atoms with Gasteiger partial charge in [0.05, 0.1) is 4.47 Å². The van der Waals surface area contributed by atoms with Crippen molar-refractivity contribution in [2.24, 2.45) is 5.73 Å². The SMILES string of the molecule is Cc1cc(Oc2ccc([C@@H](C)N)cc2Br)ccc1C(C)C. The lowest BCUT2D eigenvalue weighted by Gasteiger charge is -2.14. The third-order valence-electron chi connectivity index (χ3n) is 3.57. The summed E-state index contributed by atoms with van der Waals surface area (Å²) in [5.41, 5.74) is 9.58. The summed E-state index contributed by atoms with van der Waals surface area (Å²) in [6.45, 7) is 8.49. The zero-order valence-corrected chi connectivity index (χ0v) is 14.6. The highest BCUT2D eigenvalue weighted by molar-refractivity contribution is 9.10. The number of rotatable bonds is 4. The Hall–Kier alpha value is -1.32. The highest BCUT2D eigenvalue weighted by Crippen LogP contribution is 2.33. The van der Waals surface area contributed by atoms with Crippen LogP contribution in [0.3, 0.4) is 0 Å². The van der Waals surface area contributed by atoms with Gasteiger partial charge in [0.25, 0.3) is 0 Å². The molecule has 0 unspecified atom stereocenters. The van der Waals surface area contributed by atoms with Crippen molar-refractivity contribution < 1.29 is 4.74 Å². The van der Waals surface area contributed by atoms with Crippen molar-refractivity contribution in [3.63, 3.8) is 0 Å². The minimum absolute atomic E-state index is 0.0166. The van der Waals surface area contributed by atoms with E-state index in [9.17, 15) is 0 Å². The highest BCUT2D eigenvalue weighted by atomic mass is 79.9. The molecule has 2 nitrogen and oxygen atoms in total. The van der Waals surface area contributed by atoms with Crippen LogP contribution in [0.25, 0.3) is 0 Å². The van der Waals surface area contributed by atoms with Crippen LogP contribution in [0.4, 0.5) is 0 Å². The Labute approximate surface area is 135 Å². The van der Waals surface area contributed by atoms with Crippen LogP contribution in [0, 0.1) is 6.92 Å². The van der Waals surface area contributed by atoms with E-state index in [1.54, 1.807) is 0 Å². The first kappa shape index (κ1) is 16.1. The lowest BCUT2D eigenvalue weighted by molar-refractivity contribution is 0.478. The first-order chi connectivity index (χ1) is 9.88. The molecule has 21 heavy (non-hydrogen) atoms. The summed E-state index contributed by atoms with van der Waals surface area (Å²) in [5, 5.41) is 0. The van der Waals surface area contributed by atoms with Crippen LogP contribution < -0.4 is 10.5 Å². The standard InChI is InChI=1S/C18H22BrNO/c1-11(2)16-7-6-15(9-12(16)3)21-18-8-5-14(13(4)20)10-17(18)19/h5-11,13H,20H2,1-4H3/t13-/m1/s1. The molecule has 0 saturated carbocycles. The third kappa shape index (κ3) is 3.86. The Kier molecular flexibility index (Phi) is 5.07. The van der Waals surface area contributed by atoms with Crippen LogP contribution in [0.2, 0.25) is 0 Å². The summed E-state index contributed by atoms with van der Waals surface area (Å²) < 4.78 is 6.89.